The van der Waals surface area contributed by atoms with Gasteiger partial charge >= 0.3 is 0 Å². The van der Waals surface area contributed by atoms with Crippen LogP contribution in [0.4, 0.5) is 11.5 Å². The number of anilines is 2. The Morgan fingerprint density at radius 3 is 2.67 bits per heavy atom. The van der Waals surface area contributed by atoms with Gasteiger partial charge in [-0.3, -0.25) is 4.79 Å². The van der Waals surface area contributed by atoms with E-state index in [4.69, 9.17) is 4.98 Å². The van der Waals surface area contributed by atoms with Gasteiger partial charge in [-0.25, -0.2) is 15.0 Å². The van der Waals surface area contributed by atoms with Crippen molar-refractivity contribution in [2.45, 2.75) is 19.8 Å². The summed E-state index contributed by atoms with van der Waals surface area (Å²) in [6, 6.07) is 11.7. The molecule has 0 saturated heterocycles. The average Bonchev–Trinajstić information content (AvgIpc) is 3.54. The summed E-state index contributed by atoms with van der Waals surface area (Å²) in [6.07, 6.45) is 5.37. The molecule has 27 heavy (non-hydrogen) atoms. The van der Waals surface area contributed by atoms with Gasteiger partial charge in [0.25, 0.3) is 0 Å². The van der Waals surface area contributed by atoms with Crippen molar-refractivity contribution < 1.29 is 4.79 Å². The number of aromatic nitrogens is 3. The minimum Gasteiger partial charge on any atom is -0.388 e. The lowest BCUT2D eigenvalue weighted by Crippen LogP contribution is -2.14. The molecular formula is C21H21N5O. The molecule has 3 aromatic rings. The molecule has 0 atom stereocenters. The van der Waals surface area contributed by atoms with Crippen LogP contribution < -0.4 is 10.6 Å². The number of carbonyl (C=O) groups is 1. The van der Waals surface area contributed by atoms with Crippen molar-refractivity contribution in [1.82, 2.24) is 15.0 Å². The Kier molecular flexibility index (Phi) is 4.54. The molecule has 0 unspecified atom stereocenters. The van der Waals surface area contributed by atoms with Gasteiger partial charge in [-0.05, 0) is 55.7 Å². The van der Waals surface area contributed by atoms with E-state index in [2.05, 4.69) is 26.7 Å². The lowest BCUT2D eigenvalue weighted by atomic mass is 10.1. The van der Waals surface area contributed by atoms with Gasteiger partial charge in [-0.1, -0.05) is 6.07 Å². The topological polar surface area (TPSA) is 79.8 Å². The SMILES string of the molecule is CNc1ccc(C)c(-c2nccc(-c3ccnc(NC(=O)C4CC4)c3)n2)c1. The summed E-state index contributed by atoms with van der Waals surface area (Å²) >= 11 is 0. The number of pyridine rings is 1. The third-order valence-electron chi connectivity index (χ3n) is 4.68. The Balaban J connectivity index is 1.65. The zero-order valence-electron chi connectivity index (χ0n) is 15.4. The second kappa shape index (κ2) is 7.15. The van der Waals surface area contributed by atoms with Gasteiger partial charge in [-0.15, -0.1) is 0 Å². The van der Waals surface area contributed by atoms with Crippen LogP contribution in [-0.4, -0.2) is 27.9 Å². The van der Waals surface area contributed by atoms with Crippen molar-refractivity contribution in [3.05, 3.63) is 54.4 Å². The van der Waals surface area contributed by atoms with Crippen LogP contribution in [0.5, 0.6) is 0 Å². The Morgan fingerprint density at radius 1 is 1.07 bits per heavy atom. The van der Waals surface area contributed by atoms with E-state index in [-0.39, 0.29) is 11.8 Å². The molecule has 6 nitrogen and oxygen atoms in total. The largest absolute Gasteiger partial charge is 0.388 e. The molecule has 6 heteroatoms. The summed E-state index contributed by atoms with van der Waals surface area (Å²) in [7, 11) is 1.89. The fourth-order valence-electron chi connectivity index (χ4n) is 2.90. The van der Waals surface area contributed by atoms with E-state index in [0.717, 1.165) is 40.9 Å². The van der Waals surface area contributed by atoms with E-state index in [1.807, 2.05) is 44.3 Å². The molecular weight excluding hydrogens is 338 g/mol. The quantitative estimate of drug-likeness (QED) is 0.722. The zero-order chi connectivity index (χ0) is 18.8. The highest BCUT2D eigenvalue weighted by atomic mass is 16.2. The van der Waals surface area contributed by atoms with Crippen LogP contribution in [0, 0.1) is 12.8 Å². The summed E-state index contributed by atoms with van der Waals surface area (Å²) in [6.45, 7) is 2.04. The first kappa shape index (κ1) is 17.1. The number of benzene rings is 1. The predicted molar refractivity (Wildman–Crippen MR) is 106 cm³/mol. The van der Waals surface area contributed by atoms with Gasteiger partial charge in [-0.2, -0.15) is 0 Å². The van der Waals surface area contributed by atoms with E-state index in [9.17, 15) is 4.79 Å². The molecule has 136 valence electrons. The number of hydrogen-bond acceptors (Lipinski definition) is 5. The summed E-state index contributed by atoms with van der Waals surface area (Å²) in [5, 5.41) is 6.03. The molecule has 1 amide bonds. The monoisotopic (exact) mass is 359 g/mol. The van der Waals surface area contributed by atoms with E-state index in [1.165, 1.54) is 0 Å². The summed E-state index contributed by atoms with van der Waals surface area (Å²) < 4.78 is 0. The Labute approximate surface area is 158 Å². The summed E-state index contributed by atoms with van der Waals surface area (Å²) in [5.74, 6) is 1.41. The van der Waals surface area contributed by atoms with Crippen molar-refractivity contribution >= 4 is 17.4 Å². The van der Waals surface area contributed by atoms with Crippen LogP contribution >= 0.6 is 0 Å². The van der Waals surface area contributed by atoms with Gasteiger partial charge in [0, 0.05) is 42.2 Å². The number of carbonyl (C=O) groups excluding carboxylic acids is 1. The fraction of sp³-hybridized carbons (Fsp3) is 0.238. The zero-order valence-corrected chi connectivity index (χ0v) is 15.4. The van der Waals surface area contributed by atoms with E-state index in [0.29, 0.717) is 11.6 Å². The third kappa shape index (κ3) is 3.79. The predicted octanol–water partition coefficient (Wildman–Crippen LogP) is 3.90. The maximum atomic E-state index is 12.0. The molecule has 0 spiro atoms. The van der Waals surface area contributed by atoms with Gasteiger partial charge in [0.15, 0.2) is 5.82 Å². The smallest absolute Gasteiger partial charge is 0.228 e. The van der Waals surface area contributed by atoms with Crippen molar-refractivity contribution in [2.75, 3.05) is 17.7 Å². The van der Waals surface area contributed by atoms with Crippen LogP contribution in [0.3, 0.4) is 0 Å². The standard InChI is InChI=1S/C21H21N5O/c1-13-3-6-16(22-2)12-17(13)20-24-10-8-18(25-20)15-7-9-23-19(11-15)26-21(27)14-4-5-14/h3,6-12,14,22H,4-5H2,1-2H3,(H,23,26,27). The van der Waals surface area contributed by atoms with Crippen LogP contribution in [0.15, 0.2) is 48.8 Å². The highest BCUT2D eigenvalue weighted by Crippen LogP contribution is 2.30. The Hall–Kier alpha value is -3.28. The molecule has 1 saturated carbocycles. The number of hydrogen-bond donors (Lipinski definition) is 2. The molecule has 1 aliphatic rings. The minimum atomic E-state index is 0.0440. The number of amides is 1. The van der Waals surface area contributed by atoms with Crippen molar-refractivity contribution in [3.63, 3.8) is 0 Å². The Bertz CT molecular complexity index is 997. The van der Waals surface area contributed by atoms with Gasteiger partial charge in [0.2, 0.25) is 5.91 Å². The highest BCUT2D eigenvalue weighted by molar-refractivity contribution is 5.93. The van der Waals surface area contributed by atoms with Crippen molar-refractivity contribution in [1.29, 1.82) is 0 Å². The van der Waals surface area contributed by atoms with Crippen LogP contribution in [0.2, 0.25) is 0 Å². The van der Waals surface area contributed by atoms with Gasteiger partial charge < -0.3 is 10.6 Å². The van der Waals surface area contributed by atoms with Crippen molar-refractivity contribution in [3.8, 4) is 22.6 Å². The molecule has 0 radical (unpaired) electrons. The maximum absolute atomic E-state index is 12.0. The number of nitrogens with zero attached hydrogens (tertiary/aromatic N) is 3. The first-order valence-electron chi connectivity index (χ1n) is 9.03. The normalized spacial score (nSPS) is 13.3. The molecule has 1 fully saturated rings. The second-order valence-corrected chi connectivity index (χ2v) is 6.74. The molecule has 2 N–H and O–H groups in total. The van der Waals surface area contributed by atoms with Crippen LogP contribution in [0.25, 0.3) is 22.6 Å². The molecule has 1 aromatic carbocycles. The average molecular weight is 359 g/mol. The maximum Gasteiger partial charge on any atom is 0.228 e. The molecule has 0 aliphatic heterocycles. The molecule has 0 bridgehead atoms. The first-order chi connectivity index (χ1) is 13.1. The molecule has 2 aromatic heterocycles. The first-order valence-corrected chi connectivity index (χ1v) is 9.03. The van der Waals surface area contributed by atoms with Crippen LogP contribution in [0.1, 0.15) is 18.4 Å². The van der Waals surface area contributed by atoms with Crippen LogP contribution in [-0.2, 0) is 4.79 Å². The molecule has 1 aliphatic carbocycles. The number of nitrogens with one attached hydrogen (secondary N) is 2. The third-order valence-corrected chi connectivity index (χ3v) is 4.68. The minimum absolute atomic E-state index is 0.0440. The number of rotatable bonds is 5. The summed E-state index contributed by atoms with van der Waals surface area (Å²) in [5.41, 5.74) is 4.79. The Morgan fingerprint density at radius 2 is 1.89 bits per heavy atom. The fourth-order valence-corrected chi connectivity index (χ4v) is 2.90. The van der Waals surface area contributed by atoms with Gasteiger partial charge in [0.05, 0.1) is 5.69 Å². The lowest BCUT2D eigenvalue weighted by molar-refractivity contribution is -0.117. The van der Waals surface area contributed by atoms with E-state index >= 15 is 0 Å². The van der Waals surface area contributed by atoms with Gasteiger partial charge in [0.1, 0.15) is 5.82 Å². The number of aryl methyl sites for hydroxylation is 1. The van der Waals surface area contributed by atoms with E-state index in [1.54, 1.807) is 12.4 Å². The second-order valence-electron chi connectivity index (χ2n) is 6.74. The molecule has 2 heterocycles. The van der Waals surface area contributed by atoms with Crippen molar-refractivity contribution in [2.24, 2.45) is 5.92 Å². The highest BCUT2D eigenvalue weighted by Gasteiger charge is 2.29. The summed E-state index contributed by atoms with van der Waals surface area (Å²) in [4.78, 5) is 25.4. The molecule has 4 rings (SSSR count). The van der Waals surface area contributed by atoms with E-state index < -0.39 is 0 Å². The lowest BCUT2D eigenvalue weighted by Gasteiger charge is -2.10.